The molecule has 0 saturated carbocycles. The van der Waals surface area contributed by atoms with E-state index in [1.165, 1.54) is 11.1 Å². The maximum absolute atomic E-state index is 6.62. The molecule has 0 unspecified atom stereocenters. The van der Waals surface area contributed by atoms with Crippen molar-refractivity contribution in [3.8, 4) is 0 Å². The van der Waals surface area contributed by atoms with E-state index in [0.29, 0.717) is 6.54 Å². The lowest BCUT2D eigenvalue weighted by Gasteiger charge is -2.38. The maximum Gasteiger partial charge on any atom is 0.193 e. The Morgan fingerprint density at radius 1 is 0.958 bits per heavy atom. The van der Waals surface area contributed by atoms with Crippen LogP contribution in [0.25, 0.3) is 0 Å². The molecule has 128 valence electrons. The van der Waals surface area contributed by atoms with Gasteiger partial charge in [0, 0.05) is 6.21 Å². The van der Waals surface area contributed by atoms with Gasteiger partial charge in [-0.05, 0) is 29.3 Å². The van der Waals surface area contributed by atoms with Crippen molar-refractivity contribution < 1.29 is 4.43 Å². The van der Waals surface area contributed by atoms with Crippen LogP contribution in [0.15, 0.2) is 65.7 Å². The van der Waals surface area contributed by atoms with E-state index in [0.717, 1.165) is 0 Å². The lowest BCUT2D eigenvalue weighted by Crippen LogP contribution is -2.42. The smallest absolute Gasteiger partial charge is 0.193 e. The fraction of sp³-hybridized carbons (Fsp3) is 0.381. The van der Waals surface area contributed by atoms with Gasteiger partial charge < -0.3 is 4.43 Å². The van der Waals surface area contributed by atoms with E-state index in [1.807, 2.05) is 30.5 Å². The molecule has 0 radical (unpaired) electrons. The van der Waals surface area contributed by atoms with Gasteiger partial charge in [-0.2, -0.15) is 0 Å². The summed E-state index contributed by atoms with van der Waals surface area (Å²) >= 11 is 0. The topological polar surface area (TPSA) is 21.6 Å². The molecule has 24 heavy (non-hydrogen) atoms. The van der Waals surface area contributed by atoms with Crippen molar-refractivity contribution in [1.29, 1.82) is 0 Å². The highest BCUT2D eigenvalue weighted by Crippen LogP contribution is 2.39. The normalized spacial score (nSPS) is 14.0. The molecule has 0 aliphatic carbocycles. The van der Waals surface area contributed by atoms with Crippen LogP contribution in [-0.2, 0) is 11.0 Å². The molecule has 2 rings (SSSR count). The molecule has 0 N–H and O–H groups in total. The van der Waals surface area contributed by atoms with E-state index in [4.69, 9.17) is 4.43 Å². The summed E-state index contributed by atoms with van der Waals surface area (Å²) in [4.78, 5) is 4.66. The van der Waals surface area contributed by atoms with E-state index in [1.54, 1.807) is 0 Å². The lowest BCUT2D eigenvalue weighted by molar-refractivity contribution is 0.250. The number of benzene rings is 2. The quantitative estimate of drug-likeness (QED) is 0.466. The Morgan fingerprint density at radius 2 is 1.50 bits per heavy atom. The second-order valence-electron chi connectivity index (χ2n) is 7.68. The van der Waals surface area contributed by atoms with Gasteiger partial charge in [0.15, 0.2) is 8.32 Å². The molecule has 2 aromatic carbocycles. The summed E-state index contributed by atoms with van der Waals surface area (Å²) in [6, 6.07) is 20.7. The number of aliphatic imine (C=N–C) groups is 1. The van der Waals surface area contributed by atoms with Crippen molar-refractivity contribution in [2.75, 3.05) is 0 Å². The fourth-order valence-corrected chi connectivity index (χ4v) is 3.34. The first kappa shape index (κ1) is 18.6. The van der Waals surface area contributed by atoms with Gasteiger partial charge >= 0.3 is 0 Å². The predicted octanol–water partition coefficient (Wildman–Crippen LogP) is 6.02. The summed E-state index contributed by atoms with van der Waals surface area (Å²) in [5.74, 6) is 0. The zero-order valence-electron chi connectivity index (χ0n) is 15.5. The standard InChI is InChI=1S/C21H29NOSi/c1-21(2,3)24(4,5)23-20(19-14-10-7-11-15-19)17-22-16-18-12-8-6-9-13-18/h6-15,17,20H,16H2,1-5H3/t20-/m1/s1. The highest BCUT2D eigenvalue weighted by molar-refractivity contribution is 6.74. The Hall–Kier alpha value is -1.71. The molecule has 0 heterocycles. The molecule has 2 aromatic rings. The molecule has 0 aliphatic heterocycles. The molecular weight excluding hydrogens is 310 g/mol. The van der Waals surface area contributed by atoms with Crippen LogP contribution in [0.4, 0.5) is 0 Å². The van der Waals surface area contributed by atoms with E-state index < -0.39 is 8.32 Å². The van der Waals surface area contributed by atoms with Crippen LogP contribution >= 0.6 is 0 Å². The van der Waals surface area contributed by atoms with E-state index >= 15 is 0 Å². The van der Waals surface area contributed by atoms with Crippen molar-refractivity contribution in [3.63, 3.8) is 0 Å². The van der Waals surface area contributed by atoms with Crippen LogP contribution in [0.2, 0.25) is 18.1 Å². The summed E-state index contributed by atoms with van der Waals surface area (Å²) < 4.78 is 6.62. The Morgan fingerprint density at radius 3 is 2.04 bits per heavy atom. The number of nitrogens with zero attached hydrogens (tertiary/aromatic N) is 1. The van der Waals surface area contributed by atoms with Crippen molar-refractivity contribution in [3.05, 3.63) is 71.8 Å². The highest BCUT2D eigenvalue weighted by Gasteiger charge is 2.39. The van der Waals surface area contributed by atoms with Gasteiger partial charge in [0.05, 0.1) is 6.54 Å². The van der Waals surface area contributed by atoms with Gasteiger partial charge in [0.25, 0.3) is 0 Å². The molecule has 3 heteroatoms. The highest BCUT2D eigenvalue weighted by atomic mass is 28.4. The average molecular weight is 340 g/mol. The minimum atomic E-state index is -1.87. The Bertz CT molecular complexity index is 645. The van der Waals surface area contributed by atoms with Gasteiger partial charge in [0.2, 0.25) is 0 Å². The van der Waals surface area contributed by atoms with Crippen LogP contribution < -0.4 is 0 Å². The van der Waals surface area contributed by atoms with Crippen molar-refractivity contribution in [2.24, 2.45) is 4.99 Å². The number of hydrogen-bond donors (Lipinski definition) is 0. The van der Waals surface area contributed by atoms with Gasteiger partial charge in [-0.3, -0.25) is 4.99 Å². The van der Waals surface area contributed by atoms with Crippen molar-refractivity contribution >= 4 is 14.5 Å². The number of hydrogen-bond acceptors (Lipinski definition) is 2. The fourth-order valence-electron chi connectivity index (χ4n) is 2.16. The molecule has 1 atom stereocenters. The molecule has 0 amide bonds. The zero-order valence-corrected chi connectivity index (χ0v) is 16.5. The molecule has 2 nitrogen and oxygen atoms in total. The third-order valence-electron chi connectivity index (χ3n) is 4.71. The van der Waals surface area contributed by atoms with Gasteiger partial charge in [-0.1, -0.05) is 81.4 Å². The van der Waals surface area contributed by atoms with E-state index in [-0.39, 0.29) is 11.1 Å². The number of rotatable bonds is 6. The monoisotopic (exact) mass is 339 g/mol. The Labute approximate surface area is 147 Å². The zero-order chi connectivity index (χ0) is 17.6. The summed E-state index contributed by atoms with van der Waals surface area (Å²) in [6.45, 7) is 12.1. The minimum absolute atomic E-state index is 0.0872. The van der Waals surface area contributed by atoms with Crippen LogP contribution in [0.5, 0.6) is 0 Å². The summed E-state index contributed by atoms with van der Waals surface area (Å²) in [5, 5.41) is 0.174. The largest absolute Gasteiger partial charge is 0.405 e. The predicted molar refractivity (Wildman–Crippen MR) is 106 cm³/mol. The second-order valence-corrected chi connectivity index (χ2v) is 12.4. The van der Waals surface area contributed by atoms with Gasteiger partial charge in [-0.15, -0.1) is 0 Å². The molecule has 0 aliphatic rings. The van der Waals surface area contributed by atoms with Crippen LogP contribution in [-0.4, -0.2) is 14.5 Å². The second kappa shape index (κ2) is 7.91. The van der Waals surface area contributed by atoms with Gasteiger partial charge in [-0.25, -0.2) is 0 Å². The molecule has 0 fully saturated rings. The first-order chi connectivity index (χ1) is 11.3. The minimum Gasteiger partial charge on any atom is -0.405 e. The maximum atomic E-state index is 6.62. The van der Waals surface area contributed by atoms with Crippen molar-refractivity contribution in [1.82, 2.24) is 0 Å². The SMILES string of the molecule is CC(C)(C)[Si](C)(C)O[C@H](C=NCc1ccccc1)c1ccccc1. The van der Waals surface area contributed by atoms with Crippen LogP contribution in [0.3, 0.4) is 0 Å². The summed E-state index contributed by atoms with van der Waals surface area (Å²) in [6.07, 6.45) is 1.89. The molecule has 0 spiro atoms. The lowest BCUT2D eigenvalue weighted by atomic mass is 10.1. The molecule has 0 saturated heterocycles. The first-order valence-electron chi connectivity index (χ1n) is 8.56. The summed E-state index contributed by atoms with van der Waals surface area (Å²) in [5.41, 5.74) is 2.38. The molecule has 0 bridgehead atoms. The van der Waals surface area contributed by atoms with E-state index in [9.17, 15) is 0 Å². The average Bonchev–Trinajstić information content (AvgIpc) is 2.54. The molecular formula is C21H29NOSi. The van der Waals surface area contributed by atoms with E-state index in [2.05, 4.69) is 75.3 Å². The third-order valence-corrected chi connectivity index (χ3v) is 9.17. The summed E-state index contributed by atoms with van der Waals surface area (Å²) in [7, 11) is -1.87. The van der Waals surface area contributed by atoms with Crippen molar-refractivity contribution in [2.45, 2.75) is 51.6 Å². The Balaban J connectivity index is 2.18. The van der Waals surface area contributed by atoms with Crippen LogP contribution in [0.1, 0.15) is 38.0 Å². The first-order valence-corrected chi connectivity index (χ1v) is 11.5. The van der Waals surface area contributed by atoms with Gasteiger partial charge in [0.1, 0.15) is 6.10 Å². The Kier molecular flexibility index (Phi) is 6.14. The van der Waals surface area contributed by atoms with Crippen LogP contribution in [0, 0.1) is 0 Å². The molecule has 0 aromatic heterocycles. The third kappa shape index (κ3) is 5.15.